The normalized spacial score (nSPS) is 13.6. The topological polar surface area (TPSA) is 38.3 Å². The molecule has 0 saturated heterocycles. The molecular weight excluding hydrogens is 329 g/mol. The maximum Gasteiger partial charge on any atom is 0.265 e. The average molecular weight is 349 g/mol. The van der Waals surface area contributed by atoms with Crippen LogP contribution < -0.4 is 10.1 Å². The van der Waals surface area contributed by atoms with Crippen LogP contribution in [0, 0.1) is 5.82 Å². The van der Waals surface area contributed by atoms with E-state index in [1.807, 2.05) is 25.1 Å². The first-order valence-corrected chi connectivity index (χ1v) is 8.93. The molecule has 132 valence electrons. The van der Waals surface area contributed by atoms with Gasteiger partial charge in [0.2, 0.25) is 0 Å². The first kappa shape index (κ1) is 16.6. The lowest BCUT2D eigenvalue weighted by molar-refractivity contribution is -0.122. The summed E-state index contributed by atoms with van der Waals surface area (Å²) >= 11 is 0. The number of halogens is 1. The molecule has 0 fully saturated rings. The summed E-state index contributed by atoms with van der Waals surface area (Å²) in [5.41, 5.74) is 3.42. The second-order valence-corrected chi connectivity index (χ2v) is 6.55. The molecule has 0 spiro atoms. The van der Waals surface area contributed by atoms with Crippen molar-refractivity contribution in [1.82, 2.24) is 0 Å². The number of carbonyl (C=O) groups excluding carboxylic acids is 1. The van der Waals surface area contributed by atoms with Gasteiger partial charge < -0.3 is 10.1 Å². The van der Waals surface area contributed by atoms with Crippen LogP contribution in [0.5, 0.6) is 5.75 Å². The van der Waals surface area contributed by atoms with Crippen molar-refractivity contribution < 1.29 is 13.9 Å². The van der Waals surface area contributed by atoms with Crippen molar-refractivity contribution in [3.63, 3.8) is 0 Å². The molecule has 1 amide bonds. The number of hydrogen-bond donors (Lipinski definition) is 1. The number of benzene rings is 3. The van der Waals surface area contributed by atoms with Gasteiger partial charge in [-0.05, 0) is 54.0 Å². The molecule has 1 atom stereocenters. The van der Waals surface area contributed by atoms with Crippen LogP contribution in [-0.4, -0.2) is 12.0 Å². The van der Waals surface area contributed by atoms with E-state index in [0.717, 1.165) is 23.9 Å². The molecule has 1 aliphatic carbocycles. The summed E-state index contributed by atoms with van der Waals surface area (Å²) in [5.74, 6) is -0.645. The highest BCUT2D eigenvalue weighted by Gasteiger charge is 2.22. The van der Waals surface area contributed by atoms with Crippen molar-refractivity contribution in [2.75, 3.05) is 5.32 Å². The molecule has 1 unspecified atom stereocenters. The monoisotopic (exact) mass is 349 g/mol. The first-order valence-electron chi connectivity index (χ1n) is 8.93. The van der Waals surface area contributed by atoms with Crippen molar-refractivity contribution in [3.8, 4) is 5.75 Å². The SMILES string of the molecule is CCC(Oc1ccccc1F)C(=O)Nc1ccc2c3c(cccc13)CC2. The molecule has 0 heterocycles. The van der Waals surface area contributed by atoms with Crippen LogP contribution in [0.3, 0.4) is 0 Å². The van der Waals surface area contributed by atoms with Gasteiger partial charge in [0.15, 0.2) is 17.7 Å². The predicted octanol–water partition coefficient (Wildman–Crippen LogP) is 4.87. The molecule has 3 aromatic carbocycles. The van der Waals surface area contributed by atoms with Crippen molar-refractivity contribution in [3.05, 3.63) is 71.5 Å². The predicted molar refractivity (Wildman–Crippen MR) is 101 cm³/mol. The van der Waals surface area contributed by atoms with Gasteiger partial charge in [-0.25, -0.2) is 4.39 Å². The molecule has 0 saturated carbocycles. The molecule has 4 rings (SSSR count). The molecule has 0 bridgehead atoms. The number of nitrogens with one attached hydrogen (secondary N) is 1. The minimum Gasteiger partial charge on any atom is -0.478 e. The number of amides is 1. The van der Waals surface area contributed by atoms with E-state index in [2.05, 4.69) is 17.4 Å². The molecule has 0 aromatic heterocycles. The standard InChI is InChI=1S/C22H20FNO2/c1-2-19(26-20-9-4-3-8-17(20)23)22(25)24-18-13-12-15-11-10-14-6-5-7-16(18)21(14)15/h3-9,12-13,19H,2,10-11H2,1H3,(H,24,25). The van der Waals surface area contributed by atoms with E-state index in [0.29, 0.717) is 6.42 Å². The summed E-state index contributed by atoms with van der Waals surface area (Å²) in [4.78, 5) is 12.7. The third-order valence-corrected chi connectivity index (χ3v) is 4.90. The second-order valence-electron chi connectivity index (χ2n) is 6.55. The summed E-state index contributed by atoms with van der Waals surface area (Å²) in [6, 6.07) is 16.3. The molecule has 0 aliphatic heterocycles. The third kappa shape index (κ3) is 2.92. The molecule has 4 heteroatoms. The molecule has 0 radical (unpaired) electrons. The Hall–Kier alpha value is -2.88. The number of hydrogen-bond acceptors (Lipinski definition) is 2. The van der Waals surface area contributed by atoms with E-state index in [1.54, 1.807) is 12.1 Å². The smallest absolute Gasteiger partial charge is 0.265 e. The number of aryl methyl sites for hydroxylation is 2. The summed E-state index contributed by atoms with van der Waals surface area (Å²) < 4.78 is 19.4. The number of anilines is 1. The molecular formula is C22H20FNO2. The molecule has 1 N–H and O–H groups in total. The van der Waals surface area contributed by atoms with E-state index in [9.17, 15) is 9.18 Å². The van der Waals surface area contributed by atoms with Gasteiger partial charge in [0.25, 0.3) is 5.91 Å². The van der Waals surface area contributed by atoms with E-state index < -0.39 is 11.9 Å². The van der Waals surface area contributed by atoms with Crippen LogP contribution in [0.25, 0.3) is 10.8 Å². The van der Waals surface area contributed by atoms with Crippen molar-refractivity contribution in [1.29, 1.82) is 0 Å². The number of para-hydroxylation sites is 1. The summed E-state index contributed by atoms with van der Waals surface area (Å²) in [6.07, 6.45) is 1.77. The van der Waals surface area contributed by atoms with E-state index in [4.69, 9.17) is 4.74 Å². The van der Waals surface area contributed by atoms with Crippen LogP contribution in [0.2, 0.25) is 0 Å². The van der Waals surface area contributed by atoms with Gasteiger partial charge in [0, 0.05) is 11.1 Å². The van der Waals surface area contributed by atoms with E-state index in [1.165, 1.54) is 28.6 Å². The van der Waals surface area contributed by atoms with Gasteiger partial charge in [-0.15, -0.1) is 0 Å². The Kier molecular flexibility index (Phi) is 4.33. The lowest BCUT2D eigenvalue weighted by Crippen LogP contribution is -2.32. The molecule has 26 heavy (non-hydrogen) atoms. The Morgan fingerprint density at radius 3 is 2.62 bits per heavy atom. The minimum absolute atomic E-state index is 0.0925. The maximum atomic E-state index is 13.8. The van der Waals surface area contributed by atoms with Gasteiger partial charge in [-0.1, -0.05) is 43.3 Å². The largest absolute Gasteiger partial charge is 0.478 e. The first-order chi connectivity index (χ1) is 12.7. The van der Waals surface area contributed by atoms with Crippen LogP contribution in [0.1, 0.15) is 24.5 Å². The fraction of sp³-hybridized carbons (Fsp3) is 0.227. The third-order valence-electron chi connectivity index (χ3n) is 4.90. The zero-order valence-corrected chi connectivity index (χ0v) is 14.6. The zero-order valence-electron chi connectivity index (χ0n) is 14.6. The average Bonchev–Trinajstić information content (AvgIpc) is 3.08. The highest BCUT2D eigenvalue weighted by molar-refractivity contribution is 6.06. The van der Waals surface area contributed by atoms with E-state index in [-0.39, 0.29) is 11.7 Å². The van der Waals surface area contributed by atoms with Crippen molar-refractivity contribution in [2.45, 2.75) is 32.3 Å². The number of carbonyl (C=O) groups is 1. The Labute approximate surface area is 151 Å². The van der Waals surface area contributed by atoms with Crippen LogP contribution in [-0.2, 0) is 17.6 Å². The van der Waals surface area contributed by atoms with Crippen LogP contribution in [0.15, 0.2) is 54.6 Å². The minimum atomic E-state index is -0.755. The molecule has 3 aromatic rings. The quantitative estimate of drug-likeness (QED) is 0.713. The highest BCUT2D eigenvalue weighted by atomic mass is 19.1. The fourth-order valence-electron chi connectivity index (χ4n) is 3.58. The Morgan fingerprint density at radius 1 is 1.08 bits per heavy atom. The Balaban J connectivity index is 1.60. The van der Waals surface area contributed by atoms with Gasteiger partial charge in [-0.3, -0.25) is 4.79 Å². The molecule has 3 nitrogen and oxygen atoms in total. The highest BCUT2D eigenvalue weighted by Crippen LogP contribution is 2.35. The van der Waals surface area contributed by atoms with Crippen LogP contribution >= 0.6 is 0 Å². The lowest BCUT2D eigenvalue weighted by atomic mass is 10.0. The van der Waals surface area contributed by atoms with Crippen molar-refractivity contribution in [2.24, 2.45) is 0 Å². The van der Waals surface area contributed by atoms with Crippen LogP contribution in [0.4, 0.5) is 10.1 Å². The van der Waals surface area contributed by atoms with Gasteiger partial charge >= 0.3 is 0 Å². The van der Waals surface area contributed by atoms with Gasteiger partial charge in [0.05, 0.1) is 0 Å². The molecule has 1 aliphatic rings. The van der Waals surface area contributed by atoms with Crippen molar-refractivity contribution >= 4 is 22.4 Å². The Bertz CT molecular complexity index is 973. The number of rotatable bonds is 5. The zero-order chi connectivity index (χ0) is 18.1. The summed E-state index contributed by atoms with van der Waals surface area (Å²) in [5, 5.41) is 5.26. The maximum absolute atomic E-state index is 13.8. The Morgan fingerprint density at radius 2 is 1.85 bits per heavy atom. The lowest BCUT2D eigenvalue weighted by Gasteiger charge is -2.18. The number of ether oxygens (including phenoxy) is 1. The summed E-state index contributed by atoms with van der Waals surface area (Å²) in [6.45, 7) is 1.85. The second kappa shape index (κ2) is 6.79. The van der Waals surface area contributed by atoms with E-state index >= 15 is 0 Å². The van der Waals surface area contributed by atoms with Gasteiger partial charge in [0.1, 0.15) is 0 Å². The summed E-state index contributed by atoms with van der Waals surface area (Å²) in [7, 11) is 0. The van der Waals surface area contributed by atoms with Gasteiger partial charge in [-0.2, -0.15) is 0 Å². The fourth-order valence-corrected chi connectivity index (χ4v) is 3.58.